The van der Waals surface area contributed by atoms with Gasteiger partial charge in [-0.15, -0.1) is 0 Å². The SMILES string of the molecule is COC(=O)N[C@@H](CC/C=C/C(=O)N(C)C)C(=O)Nc1cccn(Cc2nc3c(OCc4ccc(F)cc4F)c(F)cc(F)c3[nH]2)c1=O. The average molecular weight is 659 g/mol. The second kappa shape index (κ2) is 15.1. The minimum Gasteiger partial charge on any atom is -0.483 e. The molecule has 0 saturated heterocycles. The van der Waals surface area contributed by atoms with E-state index in [4.69, 9.17) is 4.74 Å². The zero-order valence-electron chi connectivity index (χ0n) is 25.4. The molecule has 4 rings (SSSR count). The molecule has 0 bridgehead atoms. The highest BCUT2D eigenvalue weighted by atomic mass is 19.1. The molecule has 0 aliphatic rings. The van der Waals surface area contributed by atoms with Crippen LogP contribution in [0, 0.1) is 23.3 Å². The summed E-state index contributed by atoms with van der Waals surface area (Å²) in [6, 6.07) is 4.96. The maximum Gasteiger partial charge on any atom is 0.407 e. The first-order valence-electron chi connectivity index (χ1n) is 14.0. The first-order chi connectivity index (χ1) is 22.4. The predicted octanol–water partition coefficient (Wildman–Crippen LogP) is 4.00. The van der Waals surface area contributed by atoms with Gasteiger partial charge in [-0.05, 0) is 43.2 Å². The van der Waals surface area contributed by atoms with Crippen LogP contribution in [-0.2, 0) is 27.5 Å². The number of benzene rings is 2. The number of ether oxygens (including phenoxy) is 2. The smallest absolute Gasteiger partial charge is 0.407 e. The summed E-state index contributed by atoms with van der Waals surface area (Å²) < 4.78 is 67.9. The number of imidazole rings is 1. The number of aromatic amines is 1. The number of hydrogen-bond donors (Lipinski definition) is 3. The van der Waals surface area contributed by atoms with Crippen molar-refractivity contribution in [3.8, 4) is 5.75 Å². The van der Waals surface area contributed by atoms with Crippen LogP contribution in [0.25, 0.3) is 11.0 Å². The Morgan fingerprint density at radius 2 is 1.85 bits per heavy atom. The average Bonchev–Trinajstić information content (AvgIpc) is 3.45. The maximum absolute atomic E-state index is 14.7. The number of carbonyl (C=O) groups excluding carboxylic acids is 3. The minimum absolute atomic E-state index is 0.0113. The predicted molar refractivity (Wildman–Crippen MR) is 162 cm³/mol. The molecule has 0 radical (unpaired) electrons. The summed E-state index contributed by atoms with van der Waals surface area (Å²) in [4.78, 5) is 58.2. The number of amides is 3. The van der Waals surface area contributed by atoms with E-state index in [9.17, 15) is 36.7 Å². The van der Waals surface area contributed by atoms with Gasteiger partial charge in [-0.3, -0.25) is 14.4 Å². The molecule has 2 aromatic carbocycles. The molecule has 0 spiro atoms. The Morgan fingerprint density at radius 3 is 2.55 bits per heavy atom. The van der Waals surface area contributed by atoms with Crippen molar-refractivity contribution < 1.29 is 41.4 Å². The molecule has 1 atom stereocenters. The molecule has 3 amide bonds. The number of methoxy groups -OCH3 is 1. The number of H-pyrrole nitrogens is 1. The maximum atomic E-state index is 14.7. The van der Waals surface area contributed by atoms with Gasteiger partial charge in [0.1, 0.15) is 46.8 Å². The summed E-state index contributed by atoms with van der Waals surface area (Å²) in [5, 5.41) is 4.86. The number of likely N-dealkylation sites (N-methyl/N-ethyl adjacent to an activating group) is 1. The van der Waals surface area contributed by atoms with Crippen LogP contribution in [0.5, 0.6) is 5.75 Å². The van der Waals surface area contributed by atoms with Gasteiger partial charge in [-0.2, -0.15) is 0 Å². The summed E-state index contributed by atoms with van der Waals surface area (Å²) in [7, 11) is 4.27. The first-order valence-corrected chi connectivity index (χ1v) is 14.0. The van der Waals surface area contributed by atoms with Crippen molar-refractivity contribution in [3.05, 3.63) is 99.8 Å². The molecule has 0 unspecified atom stereocenters. The molecule has 16 heteroatoms. The van der Waals surface area contributed by atoms with Gasteiger partial charge >= 0.3 is 6.09 Å². The molecule has 0 aliphatic carbocycles. The van der Waals surface area contributed by atoms with Gasteiger partial charge in [-0.25, -0.2) is 27.3 Å². The molecular formula is C31H30F4N6O6. The molecule has 0 saturated carbocycles. The van der Waals surface area contributed by atoms with Crippen LogP contribution in [0.4, 0.5) is 28.0 Å². The number of allylic oxidation sites excluding steroid dienone is 1. The minimum atomic E-state index is -1.13. The van der Waals surface area contributed by atoms with Gasteiger partial charge in [0.05, 0.1) is 13.7 Å². The van der Waals surface area contributed by atoms with E-state index in [0.29, 0.717) is 12.1 Å². The lowest BCUT2D eigenvalue weighted by Gasteiger charge is -2.17. The van der Waals surface area contributed by atoms with Gasteiger partial charge < -0.3 is 34.6 Å². The molecule has 2 heterocycles. The van der Waals surface area contributed by atoms with Crippen LogP contribution in [0.15, 0.2) is 59.5 Å². The Kier molecular flexibility index (Phi) is 11.0. The van der Waals surface area contributed by atoms with Crippen molar-refractivity contribution >= 4 is 34.6 Å². The van der Waals surface area contributed by atoms with Crippen molar-refractivity contribution in [2.45, 2.75) is 32.0 Å². The zero-order valence-corrected chi connectivity index (χ0v) is 25.4. The third kappa shape index (κ3) is 8.53. The quantitative estimate of drug-likeness (QED) is 0.154. The van der Waals surface area contributed by atoms with E-state index < -0.39 is 59.2 Å². The highest BCUT2D eigenvalue weighted by Gasteiger charge is 2.23. The number of nitrogens with one attached hydrogen (secondary N) is 3. The number of anilines is 1. The zero-order chi connectivity index (χ0) is 34.2. The van der Waals surface area contributed by atoms with Crippen LogP contribution in [0.1, 0.15) is 24.2 Å². The van der Waals surface area contributed by atoms with Crippen LogP contribution >= 0.6 is 0 Å². The number of aromatic nitrogens is 3. The van der Waals surface area contributed by atoms with Gasteiger partial charge in [0, 0.05) is 38.0 Å². The molecule has 3 N–H and O–H groups in total. The second-order valence-electron chi connectivity index (χ2n) is 10.3. The lowest BCUT2D eigenvalue weighted by Crippen LogP contribution is -2.44. The number of pyridine rings is 1. The topological polar surface area (TPSA) is 148 Å². The Morgan fingerprint density at radius 1 is 1.09 bits per heavy atom. The third-order valence-electron chi connectivity index (χ3n) is 6.78. The monoisotopic (exact) mass is 658 g/mol. The molecule has 2 aromatic heterocycles. The number of nitrogens with zero attached hydrogens (tertiary/aromatic N) is 3. The van der Waals surface area contributed by atoms with Crippen LogP contribution in [-0.4, -0.2) is 64.6 Å². The van der Waals surface area contributed by atoms with Crippen molar-refractivity contribution in [2.24, 2.45) is 0 Å². The number of fused-ring (bicyclic) bond motifs is 1. The van der Waals surface area contributed by atoms with Crippen LogP contribution in [0.2, 0.25) is 0 Å². The van der Waals surface area contributed by atoms with E-state index >= 15 is 0 Å². The van der Waals surface area contributed by atoms with Crippen molar-refractivity contribution in [3.63, 3.8) is 0 Å². The first kappa shape index (κ1) is 34.2. The number of hydrogen-bond acceptors (Lipinski definition) is 7. The Labute approximate surface area is 265 Å². The highest BCUT2D eigenvalue weighted by Crippen LogP contribution is 2.30. The molecule has 0 aliphatic heterocycles. The van der Waals surface area contributed by atoms with E-state index in [0.717, 1.165) is 23.8 Å². The van der Waals surface area contributed by atoms with E-state index in [-0.39, 0.29) is 53.4 Å². The largest absolute Gasteiger partial charge is 0.483 e. The number of halogens is 4. The van der Waals surface area contributed by atoms with E-state index in [1.807, 2.05) is 0 Å². The standard InChI is InChI=1S/C31H30F4N6O6/c1-40(2)25(42)9-5-4-7-22(37-31(45)46-3)29(43)36-23-8-6-12-41(30(23)44)15-24-38-26-20(34)14-21(35)28(27(26)39-24)47-16-17-10-11-18(32)13-19(17)33/h5-6,8-14,22H,4,7,15-16H2,1-3H3,(H,36,43)(H,37,45)(H,38,39)/b9-5+/t22-/m0/s1. The van der Waals surface area contributed by atoms with Gasteiger partial charge in [0.2, 0.25) is 11.8 Å². The molecule has 4 aromatic rings. The van der Waals surface area contributed by atoms with Gasteiger partial charge in [0.15, 0.2) is 17.4 Å². The van der Waals surface area contributed by atoms with E-state index in [1.165, 1.54) is 35.4 Å². The normalized spacial score (nSPS) is 11.8. The van der Waals surface area contributed by atoms with Crippen molar-refractivity contribution in [1.29, 1.82) is 0 Å². The summed E-state index contributed by atoms with van der Waals surface area (Å²) in [6.45, 7) is -0.789. The third-order valence-corrected chi connectivity index (χ3v) is 6.78. The second-order valence-corrected chi connectivity index (χ2v) is 10.3. The van der Waals surface area contributed by atoms with E-state index in [2.05, 4.69) is 25.3 Å². The molecule has 248 valence electrons. The fourth-order valence-electron chi connectivity index (χ4n) is 4.33. The lowest BCUT2D eigenvalue weighted by atomic mass is 10.1. The summed E-state index contributed by atoms with van der Waals surface area (Å²) in [5.74, 6) is -5.34. The Hall–Kier alpha value is -5.67. The highest BCUT2D eigenvalue weighted by molar-refractivity contribution is 5.96. The fraction of sp³-hybridized carbons (Fsp3) is 0.258. The summed E-state index contributed by atoms with van der Waals surface area (Å²) >= 11 is 0. The molecule has 12 nitrogen and oxygen atoms in total. The Bertz CT molecular complexity index is 1890. The van der Waals surface area contributed by atoms with Crippen molar-refractivity contribution in [2.75, 3.05) is 26.5 Å². The van der Waals surface area contributed by atoms with Gasteiger partial charge in [-0.1, -0.05) is 6.08 Å². The number of rotatable bonds is 12. The summed E-state index contributed by atoms with van der Waals surface area (Å²) in [5.41, 5.74) is -1.44. The number of carbonyl (C=O) groups is 3. The molecule has 0 fully saturated rings. The van der Waals surface area contributed by atoms with E-state index in [1.54, 1.807) is 14.1 Å². The van der Waals surface area contributed by atoms with Crippen LogP contribution in [0.3, 0.4) is 0 Å². The fourth-order valence-corrected chi connectivity index (χ4v) is 4.33. The Balaban J connectivity index is 1.53. The molecule has 47 heavy (non-hydrogen) atoms. The lowest BCUT2D eigenvalue weighted by molar-refractivity contribution is -0.123. The number of alkyl carbamates (subject to hydrolysis) is 1. The van der Waals surface area contributed by atoms with Crippen molar-refractivity contribution in [1.82, 2.24) is 24.8 Å². The molecular weight excluding hydrogens is 628 g/mol. The summed E-state index contributed by atoms with van der Waals surface area (Å²) in [6.07, 6.45) is 3.64. The van der Waals surface area contributed by atoms with Gasteiger partial charge in [0.25, 0.3) is 5.56 Å². The van der Waals surface area contributed by atoms with Crippen LogP contribution < -0.4 is 20.9 Å².